The molecule has 0 aliphatic carbocycles. The van der Waals surface area contributed by atoms with E-state index in [0.29, 0.717) is 13.0 Å². The number of carbonyl (C=O) groups excluding carboxylic acids is 1. The molecule has 0 spiro atoms. The van der Waals surface area contributed by atoms with Gasteiger partial charge in [0, 0.05) is 13.0 Å². The molecule has 340 valence electrons. The van der Waals surface area contributed by atoms with Gasteiger partial charge < -0.3 is 24.6 Å². The van der Waals surface area contributed by atoms with Crippen LogP contribution in [0.5, 0.6) is 0 Å². The van der Waals surface area contributed by atoms with Crippen molar-refractivity contribution < 1.29 is 43.0 Å². The Morgan fingerprint density at radius 3 is 1.48 bits per heavy atom. The number of aliphatic hydroxyl groups is 2. The molecule has 0 saturated heterocycles. The first-order valence-corrected chi connectivity index (χ1v) is 25.1. The van der Waals surface area contributed by atoms with Crippen LogP contribution in [0.25, 0.3) is 0 Å². The highest BCUT2D eigenvalue weighted by Gasteiger charge is 2.26. The van der Waals surface area contributed by atoms with Gasteiger partial charge in [0.1, 0.15) is 12.2 Å². The fourth-order valence-electron chi connectivity index (χ4n) is 6.47. The van der Waals surface area contributed by atoms with Crippen LogP contribution >= 0.6 is 7.82 Å². The predicted molar refractivity (Wildman–Crippen MR) is 242 cm³/mol. The van der Waals surface area contributed by atoms with E-state index >= 15 is 0 Å². The van der Waals surface area contributed by atoms with Crippen molar-refractivity contribution in [1.82, 2.24) is 0 Å². The zero-order valence-electron chi connectivity index (χ0n) is 37.3. The second-order valence-corrected chi connectivity index (χ2v) is 17.2. The third-order valence-electron chi connectivity index (χ3n) is 10.0. The maximum Gasteiger partial charge on any atom is 0.472 e. The Kier molecular flexibility index (Phi) is 43.7. The number of aliphatic hydroxyl groups excluding tert-OH is 2. The number of ether oxygens (including phenoxy) is 2. The molecule has 0 saturated carbocycles. The van der Waals surface area contributed by atoms with E-state index in [4.69, 9.17) is 23.6 Å². The van der Waals surface area contributed by atoms with E-state index in [2.05, 4.69) is 62.5 Å². The van der Waals surface area contributed by atoms with E-state index in [1.165, 1.54) is 103 Å². The molecule has 0 amide bonds. The van der Waals surface area contributed by atoms with Crippen molar-refractivity contribution in [2.75, 3.05) is 33.0 Å². The second-order valence-electron chi connectivity index (χ2n) is 15.8. The van der Waals surface area contributed by atoms with Crippen LogP contribution < -0.4 is 0 Å². The molecule has 0 aliphatic rings. The largest absolute Gasteiger partial charge is 0.472 e. The standard InChI is InChI=1S/C48H89O9P/c1-3-5-7-9-11-13-15-17-19-21-23-24-26-28-30-32-34-36-38-40-48(51)57-47(45-56-58(52,53)55-43-46(50)42-49)44-54-41-39-37-35-33-31-29-27-25-22-20-18-16-14-12-10-8-6-4-2/h5,7,11,13,17,19,23-24,46-47,49-50H,3-4,6,8-10,12,14-16,18,20-22,25-45H2,1-2H3,(H,52,53)/b7-5-,13-11-,19-17-,24-23-. The Labute approximate surface area is 356 Å². The van der Waals surface area contributed by atoms with Crippen LogP contribution in [0.3, 0.4) is 0 Å². The summed E-state index contributed by atoms with van der Waals surface area (Å²) in [4.78, 5) is 22.6. The average Bonchev–Trinajstić information content (AvgIpc) is 3.21. The Balaban J connectivity index is 4.14. The minimum Gasteiger partial charge on any atom is -0.457 e. The van der Waals surface area contributed by atoms with Gasteiger partial charge >= 0.3 is 13.8 Å². The molecule has 9 nitrogen and oxygen atoms in total. The lowest BCUT2D eigenvalue weighted by Gasteiger charge is -2.20. The molecule has 0 bridgehead atoms. The van der Waals surface area contributed by atoms with Gasteiger partial charge in [-0.15, -0.1) is 0 Å². The van der Waals surface area contributed by atoms with Crippen LogP contribution in [0.4, 0.5) is 0 Å². The monoisotopic (exact) mass is 841 g/mol. The summed E-state index contributed by atoms with van der Waals surface area (Å²) in [5.41, 5.74) is 0. The van der Waals surface area contributed by atoms with Crippen molar-refractivity contribution in [3.8, 4) is 0 Å². The van der Waals surface area contributed by atoms with Gasteiger partial charge in [-0.2, -0.15) is 0 Å². The number of allylic oxidation sites excluding steroid dienone is 8. The fraction of sp³-hybridized carbons (Fsp3) is 0.812. The molecule has 0 aliphatic heterocycles. The van der Waals surface area contributed by atoms with Crippen LogP contribution in [0, 0.1) is 0 Å². The fourth-order valence-corrected chi connectivity index (χ4v) is 7.25. The molecule has 0 aromatic carbocycles. The number of hydrogen-bond acceptors (Lipinski definition) is 8. The summed E-state index contributed by atoms with van der Waals surface area (Å²) in [5.74, 6) is -0.394. The number of phosphoric ester groups is 1. The van der Waals surface area contributed by atoms with Gasteiger partial charge in [-0.1, -0.05) is 197 Å². The lowest BCUT2D eigenvalue weighted by molar-refractivity contribution is -0.154. The first-order valence-electron chi connectivity index (χ1n) is 23.6. The van der Waals surface area contributed by atoms with Gasteiger partial charge in [0.2, 0.25) is 0 Å². The molecule has 0 fully saturated rings. The zero-order valence-corrected chi connectivity index (χ0v) is 38.2. The van der Waals surface area contributed by atoms with Crippen LogP contribution in [-0.2, 0) is 27.9 Å². The molecule has 0 aromatic heterocycles. The minimum absolute atomic E-state index is 0.0449. The van der Waals surface area contributed by atoms with Gasteiger partial charge in [-0.25, -0.2) is 4.57 Å². The van der Waals surface area contributed by atoms with Crippen LogP contribution in [0.15, 0.2) is 48.6 Å². The van der Waals surface area contributed by atoms with Crippen LogP contribution in [0.2, 0.25) is 0 Å². The summed E-state index contributed by atoms with van der Waals surface area (Å²) in [6, 6.07) is 0. The molecule has 3 unspecified atom stereocenters. The molecule has 10 heteroatoms. The van der Waals surface area contributed by atoms with E-state index in [-0.39, 0.29) is 19.6 Å². The second kappa shape index (κ2) is 45.0. The Hall–Kier alpha value is -1.58. The molecule has 58 heavy (non-hydrogen) atoms. The third-order valence-corrected chi connectivity index (χ3v) is 11.0. The topological polar surface area (TPSA) is 132 Å². The summed E-state index contributed by atoms with van der Waals surface area (Å²) < 4.78 is 33.5. The highest BCUT2D eigenvalue weighted by atomic mass is 31.2. The predicted octanol–water partition coefficient (Wildman–Crippen LogP) is 13.4. The number of carbonyl (C=O) groups is 1. The highest BCUT2D eigenvalue weighted by Crippen LogP contribution is 2.43. The summed E-state index contributed by atoms with van der Waals surface area (Å²) in [6.07, 6.45) is 50.7. The Morgan fingerprint density at radius 2 is 0.983 bits per heavy atom. The summed E-state index contributed by atoms with van der Waals surface area (Å²) >= 11 is 0. The van der Waals surface area contributed by atoms with Gasteiger partial charge in [-0.05, 0) is 51.4 Å². The summed E-state index contributed by atoms with van der Waals surface area (Å²) in [5, 5.41) is 18.4. The van der Waals surface area contributed by atoms with Crippen molar-refractivity contribution in [2.45, 2.75) is 219 Å². The number of hydrogen-bond donors (Lipinski definition) is 3. The molecule has 0 heterocycles. The molecule has 3 atom stereocenters. The first kappa shape index (κ1) is 56.4. The molecule has 3 N–H and O–H groups in total. The van der Waals surface area contributed by atoms with Gasteiger partial charge in [0.05, 0.1) is 26.4 Å². The quantitative estimate of drug-likeness (QED) is 0.0237. The SMILES string of the molecule is CC/C=C\C/C=C\C/C=C\C/C=C\CCCCCCCCC(=O)OC(COCCCCCCCCCCCCCCCCCCCC)COP(=O)(O)OCC(O)CO. The number of unbranched alkanes of at least 4 members (excludes halogenated alkanes) is 23. The first-order chi connectivity index (χ1) is 28.3. The summed E-state index contributed by atoms with van der Waals surface area (Å²) in [7, 11) is -4.52. The molecular weight excluding hydrogens is 751 g/mol. The molecular formula is C48H89O9P. The lowest BCUT2D eigenvalue weighted by Crippen LogP contribution is -2.29. The van der Waals surface area contributed by atoms with Gasteiger partial charge in [-0.3, -0.25) is 13.8 Å². The smallest absolute Gasteiger partial charge is 0.457 e. The van der Waals surface area contributed by atoms with Crippen LogP contribution in [-0.4, -0.2) is 66.3 Å². The molecule has 0 rings (SSSR count). The van der Waals surface area contributed by atoms with E-state index in [9.17, 15) is 19.4 Å². The average molecular weight is 841 g/mol. The van der Waals surface area contributed by atoms with Gasteiger partial charge in [0.15, 0.2) is 0 Å². The number of phosphoric acid groups is 1. The van der Waals surface area contributed by atoms with E-state index in [1.807, 2.05) is 0 Å². The molecule has 0 radical (unpaired) electrons. The van der Waals surface area contributed by atoms with Crippen molar-refractivity contribution in [1.29, 1.82) is 0 Å². The highest BCUT2D eigenvalue weighted by molar-refractivity contribution is 7.47. The Morgan fingerprint density at radius 1 is 0.552 bits per heavy atom. The molecule has 0 aromatic rings. The maximum absolute atomic E-state index is 12.6. The van der Waals surface area contributed by atoms with Crippen molar-refractivity contribution in [2.24, 2.45) is 0 Å². The number of rotatable bonds is 45. The van der Waals surface area contributed by atoms with Gasteiger partial charge in [0.25, 0.3) is 0 Å². The number of esters is 1. The van der Waals surface area contributed by atoms with Crippen molar-refractivity contribution in [3.63, 3.8) is 0 Å². The Bertz CT molecular complexity index is 1040. The van der Waals surface area contributed by atoms with E-state index < -0.39 is 39.2 Å². The maximum atomic E-state index is 12.6. The lowest BCUT2D eigenvalue weighted by atomic mass is 10.0. The minimum atomic E-state index is -4.52. The van der Waals surface area contributed by atoms with E-state index in [0.717, 1.165) is 77.0 Å². The third kappa shape index (κ3) is 44.0. The zero-order chi connectivity index (χ0) is 42.5. The van der Waals surface area contributed by atoms with E-state index in [1.54, 1.807) is 0 Å². The van der Waals surface area contributed by atoms with Crippen LogP contribution in [0.1, 0.15) is 206 Å². The normalized spacial score (nSPS) is 14.4. The van der Waals surface area contributed by atoms with Crippen molar-refractivity contribution in [3.05, 3.63) is 48.6 Å². The van der Waals surface area contributed by atoms with Crippen molar-refractivity contribution >= 4 is 13.8 Å². The summed E-state index contributed by atoms with van der Waals surface area (Å²) in [6.45, 7) is 3.42.